The van der Waals surface area contributed by atoms with Crippen molar-refractivity contribution in [1.82, 2.24) is 10.3 Å². The number of rotatable bonds is 3. The molecule has 0 spiro atoms. The highest BCUT2D eigenvalue weighted by Gasteiger charge is 2.15. The normalized spacial score (nSPS) is 12.1. The molecule has 0 bridgehead atoms. The lowest BCUT2D eigenvalue weighted by Gasteiger charge is -2.13. The maximum Gasteiger partial charge on any atom is 0.252 e. The zero-order valence-corrected chi connectivity index (χ0v) is 11.6. The number of para-hydroxylation sites is 1. The van der Waals surface area contributed by atoms with Crippen molar-refractivity contribution in [2.45, 2.75) is 19.9 Å². The van der Waals surface area contributed by atoms with Gasteiger partial charge in [0.2, 0.25) is 0 Å². The van der Waals surface area contributed by atoms with Crippen LogP contribution in [0.5, 0.6) is 0 Å². The van der Waals surface area contributed by atoms with E-state index >= 15 is 0 Å². The Bertz CT molecular complexity index is 654. The Hall–Kier alpha value is -2.01. The fourth-order valence-corrected chi connectivity index (χ4v) is 1.90. The van der Waals surface area contributed by atoms with Gasteiger partial charge in [0.05, 0.1) is 22.1 Å². The maximum absolute atomic E-state index is 12.3. The third-order valence-electron chi connectivity index (χ3n) is 2.86. The van der Waals surface area contributed by atoms with Gasteiger partial charge in [-0.2, -0.15) is 0 Å². The number of hydrogen-bond donors (Lipinski definition) is 2. The van der Waals surface area contributed by atoms with Gasteiger partial charge in [-0.25, -0.2) is 0 Å². The summed E-state index contributed by atoms with van der Waals surface area (Å²) in [7, 11) is 0. The molecule has 1 aromatic carbocycles. The van der Waals surface area contributed by atoms with Gasteiger partial charge < -0.3 is 11.1 Å². The summed E-state index contributed by atoms with van der Waals surface area (Å²) in [5.74, 6) is -0.193. The first kappa shape index (κ1) is 13.4. The molecular weight excluding hydrogens is 258 g/mol. The lowest BCUT2D eigenvalue weighted by Crippen LogP contribution is -2.41. The summed E-state index contributed by atoms with van der Waals surface area (Å²) in [6.07, 6.45) is 0. The van der Waals surface area contributed by atoms with E-state index in [4.69, 9.17) is 18.0 Å². The molecule has 1 heterocycles. The number of carbonyl (C=O) groups is 1. The van der Waals surface area contributed by atoms with Crippen molar-refractivity contribution < 1.29 is 4.79 Å². The smallest absolute Gasteiger partial charge is 0.252 e. The molecule has 3 N–H and O–H groups in total. The standard InChI is InChI=1S/C14H15N3OS/c1-8-7-11(14(18)17-9(2)13(15)19)10-5-3-4-6-12(10)16-8/h3-7,9H,1-2H3,(H2,15,19)(H,17,18). The Morgan fingerprint density at radius 2 is 2.11 bits per heavy atom. The first-order valence-corrected chi connectivity index (χ1v) is 6.36. The topological polar surface area (TPSA) is 68.0 Å². The van der Waals surface area contributed by atoms with Crippen LogP contribution >= 0.6 is 12.2 Å². The SMILES string of the molecule is Cc1cc(C(=O)NC(C)C(N)=S)c2ccccc2n1. The van der Waals surface area contributed by atoms with Crippen LogP contribution in [0.3, 0.4) is 0 Å². The molecule has 1 unspecified atom stereocenters. The number of aryl methyl sites for hydroxylation is 1. The number of amides is 1. The Labute approximate surface area is 117 Å². The van der Waals surface area contributed by atoms with Crippen molar-refractivity contribution in [1.29, 1.82) is 0 Å². The fourth-order valence-electron chi connectivity index (χ4n) is 1.84. The van der Waals surface area contributed by atoms with Crippen LogP contribution in [0.15, 0.2) is 30.3 Å². The molecule has 2 rings (SSSR count). The van der Waals surface area contributed by atoms with Crippen LogP contribution in [0.1, 0.15) is 23.0 Å². The van der Waals surface area contributed by atoms with Gasteiger partial charge in [0.15, 0.2) is 0 Å². The summed E-state index contributed by atoms with van der Waals surface area (Å²) in [5, 5.41) is 3.60. The number of benzene rings is 1. The van der Waals surface area contributed by atoms with Gasteiger partial charge in [0.25, 0.3) is 5.91 Å². The van der Waals surface area contributed by atoms with E-state index in [0.717, 1.165) is 16.6 Å². The van der Waals surface area contributed by atoms with Crippen LogP contribution in [-0.2, 0) is 0 Å². The molecule has 0 aliphatic rings. The monoisotopic (exact) mass is 273 g/mol. The minimum atomic E-state index is -0.338. The molecule has 1 atom stereocenters. The highest BCUT2D eigenvalue weighted by molar-refractivity contribution is 7.80. The van der Waals surface area contributed by atoms with Gasteiger partial charge in [-0.15, -0.1) is 0 Å². The van der Waals surface area contributed by atoms with Gasteiger partial charge in [0.1, 0.15) is 0 Å². The quantitative estimate of drug-likeness (QED) is 0.839. The Morgan fingerprint density at radius 1 is 1.42 bits per heavy atom. The average Bonchev–Trinajstić information content (AvgIpc) is 2.37. The molecule has 1 aromatic heterocycles. The van der Waals surface area contributed by atoms with E-state index in [1.807, 2.05) is 31.2 Å². The van der Waals surface area contributed by atoms with Crippen molar-refractivity contribution in [3.05, 3.63) is 41.6 Å². The van der Waals surface area contributed by atoms with Gasteiger partial charge in [0, 0.05) is 11.1 Å². The van der Waals surface area contributed by atoms with Gasteiger partial charge in [-0.05, 0) is 26.0 Å². The number of nitrogens with two attached hydrogens (primary N) is 1. The van der Waals surface area contributed by atoms with Gasteiger partial charge in [-0.3, -0.25) is 9.78 Å². The minimum Gasteiger partial charge on any atom is -0.392 e. The number of fused-ring (bicyclic) bond motifs is 1. The molecule has 0 aliphatic carbocycles. The summed E-state index contributed by atoms with van der Waals surface area (Å²) in [6, 6.07) is 8.97. The van der Waals surface area contributed by atoms with E-state index in [-0.39, 0.29) is 16.9 Å². The summed E-state index contributed by atoms with van der Waals surface area (Å²) < 4.78 is 0. The molecule has 0 fully saturated rings. The van der Waals surface area contributed by atoms with Crippen LogP contribution in [0.25, 0.3) is 10.9 Å². The van der Waals surface area contributed by atoms with Crippen molar-refractivity contribution in [2.24, 2.45) is 5.73 Å². The van der Waals surface area contributed by atoms with Crippen LogP contribution < -0.4 is 11.1 Å². The summed E-state index contributed by atoms with van der Waals surface area (Å²) in [5.41, 5.74) is 7.70. The molecule has 19 heavy (non-hydrogen) atoms. The highest BCUT2D eigenvalue weighted by Crippen LogP contribution is 2.18. The predicted molar refractivity (Wildman–Crippen MR) is 80.2 cm³/mol. The second kappa shape index (κ2) is 5.32. The molecule has 98 valence electrons. The molecule has 1 amide bonds. The molecular formula is C14H15N3OS. The van der Waals surface area contributed by atoms with Crippen LogP contribution in [0.2, 0.25) is 0 Å². The average molecular weight is 273 g/mol. The van der Waals surface area contributed by atoms with E-state index in [1.54, 1.807) is 13.0 Å². The number of nitrogens with zero attached hydrogens (tertiary/aromatic N) is 1. The minimum absolute atomic E-state index is 0.193. The maximum atomic E-state index is 12.3. The Morgan fingerprint density at radius 3 is 2.79 bits per heavy atom. The predicted octanol–water partition coefficient (Wildman–Crippen LogP) is 1.95. The van der Waals surface area contributed by atoms with Crippen LogP contribution in [0, 0.1) is 6.92 Å². The largest absolute Gasteiger partial charge is 0.392 e. The second-order valence-corrected chi connectivity index (χ2v) is 4.90. The van der Waals surface area contributed by atoms with E-state index in [0.29, 0.717) is 5.56 Å². The van der Waals surface area contributed by atoms with Crippen molar-refractivity contribution >= 4 is 34.0 Å². The van der Waals surface area contributed by atoms with E-state index in [9.17, 15) is 4.79 Å². The van der Waals surface area contributed by atoms with Crippen molar-refractivity contribution in [3.8, 4) is 0 Å². The zero-order valence-electron chi connectivity index (χ0n) is 10.8. The van der Waals surface area contributed by atoms with E-state index in [2.05, 4.69) is 10.3 Å². The van der Waals surface area contributed by atoms with E-state index < -0.39 is 0 Å². The Kier molecular flexibility index (Phi) is 3.76. The molecule has 4 nitrogen and oxygen atoms in total. The molecule has 0 saturated carbocycles. The Balaban J connectivity index is 2.44. The summed E-state index contributed by atoms with van der Waals surface area (Å²) in [4.78, 5) is 16.9. The lowest BCUT2D eigenvalue weighted by atomic mass is 10.1. The fraction of sp³-hybridized carbons (Fsp3) is 0.214. The summed E-state index contributed by atoms with van der Waals surface area (Å²) in [6.45, 7) is 3.62. The van der Waals surface area contributed by atoms with E-state index in [1.165, 1.54) is 0 Å². The van der Waals surface area contributed by atoms with Crippen molar-refractivity contribution in [2.75, 3.05) is 0 Å². The zero-order chi connectivity index (χ0) is 14.0. The van der Waals surface area contributed by atoms with Crippen LogP contribution in [0.4, 0.5) is 0 Å². The molecule has 0 radical (unpaired) electrons. The molecule has 2 aromatic rings. The first-order chi connectivity index (χ1) is 8.99. The molecule has 0 aliphatic heterocycles. The lowest BCUT2D eigenvalue weighted by molar-refractivity contribution is 0.0951. The van der Waals surface area contributed by atoms with Gasteiger partial charge in [-0.1, -0.05) is 30.4 Å². The molecule has 0 saturated heterocycles. The van der Waals surface area contributed by atoms with Crippen LogP contribution in [-0.4, -0.2) is 21.9 Å². The number of aromatic nitrogens is 1. The number of hydrogen-bond acceptors (Lipinski definition) is 3. The van der Waals surface area contributed by atoms with Crippen molar-refractivity contribution in [3.63, 3.8) is 0 Å². The molecule has 5 heteroatoms. The third-order valence-corrected chi connectivity index (χ3v) is 3.22. The second-order valence-electron chi connectivity index (χ2n) is 4.43. The third kappa shape index (κ3) is 2.88. The number of nitrogens with one attached hydrogen (secondary N) is 1. The number of thiocarbonyl (C=S) groups is 1. The summed E-state index contributed by atoms with van der Waals surface area (Å²) >= 11 is 4.86. The highest BCUT2D eigenvalue weighted by atomic mass is 32.1. The van der Waals surface area contributed by atoms with Gasteiger partial charge >= 0.3 is 0 Å². The number of carbonyl (C=O) groups excluding carboxylic acids is 1. The first-order valence-electron chi connectivity index (χ1n) is 5.95. The number of pyridine rings is 1.